The van der Waals surface area contributed by atoms with Crippen LogP contribution in [0.4, 0.5) is 0 Å². The summed E-state index contributed by atoms with van der Waals surface area (Å²) in [5, 5.41) is 3.50. The molecule has 2 rings (SSSR count). The van der Waals surface area contributed by atoms with Gasteiger partial charge in [0.15, 0.2) is 0 Å². The number of imidazole rings is 1. The highest BCUT2D eigenvalue weighted by Gasteiger charge is 2.31. The van der Waals surface area contributed by atoms with E-state index in [4.69, 9.17) is 0 Å². The molecule has 0 aliphatic heterocycles. The van der Waals surface area contributed by atoms with Crippen LogP contribution in [-0.2, 0) is 0 Å². The second-order valence-corrected chi connectivity index (χ2v) is 5.75. The molecule has 0 amide bonds. The lowest BCUT2D eigenvalue weighted by atomic mass is 9.80. The summed E-state index contributed by atoms with van der Waals surface area (Å²) in [4.78, 5) is 4.47. The maximum absolute atomic E-state index is 4.47. The molecule has 1 aromatic rings. The van der Waals surface area contributed by atoms with E-state index in [0.717, 1.165) is 5.92 Å². The molecule has 1 aromatic heterocycles. The number of hydrogen-bond acceptors (Lipinski definition) is 2. The molecule has 0 saturated heterocycles. The van der Waals surface area contributed by atoms with Gasteiger partial charge in [0, 0.05) is 11.7 Å². The largest absolute Gasteiger partial charge is 0.330 e. The molecule has 1 heterocycles. The number of aromatic nitrogens is 2. The minimum absolute atomic E-state index is 0.585. The van der Waals surface area contributed by atoms with Gasteiger partial charge in [-0.3, -0.25) is 0 Å². The fourth-order valence-electron chi connectivity index (χ4n) is 3.40. The first-order chi connectivity index (χ1) is 8.67. The van der Waals surface area contributed by atoms with Crippen LogP contribution in [0.25, 0.3) is 0 Å². The van der Waals surface area contributed by atoms with Crippen LogP contribution in [0.5, 0.6) is 0 Å². The highest BCUT2D eigenvalue weighted by Crippen LogP contribution is 2.36. The summed E-state index contributed by atoms with van der Waals surface area (Å²) in [6.45, 7) is 6.59. The van der Waals surface area contributed by atoms with Crippen molar-refractivity contribution < 1.29 is 0 Å². The van der Waals surface area contributed by atoms with E-state index in [1.54, 1.807) is 0 Å². The first-order valence-corrected chi connectivity index (χ1v) is 7.34. The lowest BCUT2D eigenvalue weighted by molar-refractivity contribution is 0.202. The summed E-state index contributed by atoms with van der Waals surface area (Å²) in [5.41, 5.74) is 2.50. The highest BCUT2D eigenvalue weighted by atomic mass is 15.1. The third-order valence-electron chi connectivity index (χ3n) is 4.64. The minimum atomic E-state index is 0.585. The fraction of sp³-hybridized carbons (Fsp3) is 0.800. The number of nitrogens with one attached hydrogen (secondary N) is 1. The summed E-state index contributed by atoms with van der Waals surface area (Å²) < 4.78 is 2.40. The molecule has 1 aliphatic rings. The van der Waals surface area contributed by atoms with Gasteiger partial charge >= 0.3 is 0 Å². The Labute approximate surface area is 111 Å². The molecule has 3 unspecified atom stereocenters. The number of likely N-dealkylation sites (N-methyl/N-ethyl adjacent to an activating group) is 1. The number of aryl methyl sites for hydroxylation is 1. The van der Waals surface area contributed by atoms with Crippen LogP contribution < -0.4 is 5.32 Å². The maximum Gasteiger partial charge on any atom is 0.0954 e. The van der Waals surface area contributed by atoms with Crippen molar-refractivity contribution >= 4 is 0 Å². The Balaban J connectivity index is 2.18. The SMILES string of the molecule is CCCC1CCC(NC)C(n2cnc(C)c2C)C1. The van der Waals surface area contributed by atoms with E-state index in [1.807, 2.05) is 6.33 Å². The van der Waals surface area contributed by atoms with E-state index in [0.29, 0.717) is 12.1 Å². The average molecular weight is 249 g/mol. The van der Waals surface area contributed by atoms with E-state index in [9.17, 15) is 0 Å². The predicted octanol–water partition coefficient (Wildman–Crippen LogP) is 3.23. The van der Waals surface area contributed by atoms with Crippen molar-refractivity contribution in [3.05, 3.63) is 17.7 Å². The molecule has 3 atom stereocenters. The van der Waals surface area contributed by atoms with Crippen molar-refractivity contribution in [3.63, 3.8) is 0 Å². The van der Waals surface area contributed by atoms with Crippen molar-refractivity contribution in [2.24, 2.45) is 5.92 Å². The average Bonchev–Trinajstić information content (AvgIpc) is 2.70. The van der Waals surface area contributed by atoms with E-state index < -0.39 is 0 Å². The Hall–Kier alpha value is -0.830. The van der Waals surface area contributed by atoms with Gasteiger partial charge < -0.3 is 9.88 Å². The molecule has 0 spiro atoms. The number of hydrogen-bond donors (Lipinski definition) is 1. The molecule has 3 nitrogen and oxygen atoms in total. The van der Waals surface area contributed by atoms with Crippen LogP contribution in [0.15, 0.2) is 6.33 Å². The van der Waals surface area contributed by atoms with Gasteiger partial charge in [0.2, 0.25) is 0 Å². The van der Waals surface area contributed by atoms with Gasteiger partial charge in [-0.25, -0.2) is 4.98 Å². The Bertz CT molecular complexity index is 383. The molecule has 1 N–H and O–H groups in total. The van der Waals surface area contributed by atoms with E-state index in [1.165, 1.54) is 43.5 Å². The van der Waals surface area contributed by atoms with E-state index in [-0.39, 0.29) is 0 Å². The molecule has 18 heavy (non-hydrogen) atoms. The second kappa shape index (κ2) is 5.87. The van der Waals surface area contributed by atoms with Gasteiger partial charge in [0.05, 0.1) is 18.1 Å². The zero-order chi connectivity index (χ0) is 13.1. The first-order valence-electron chi connectivity index (χ1n) is 7.34. The third kappa shape index (κ3) is 2.61. The van der Waals surface area contributed by atoms with Crippen LogP contribution >= 0.6 is 0 Å². The lowest BCUT2D eigenvalue weighted by Gasteiger charge is -2.37. The molecular weight excluding hydrogens is 222 g/mol. The normalized spacial score (nSPS) is 28.6. The van der Waals surface area contributed by atoms with Crippen LogP contribution in [-0.4, -0.2) is 22.6 Å². The van der Waals surface area contributed by atoms with E-state index in [2.05, 4.69) is 42.7 Å². The molecular formula is C15H27N3. The number of nitrogens with zero attached hydrogens (tertiary/aromatic N) is 2. The first kappa shape index (κ1) is 13.6. The molecule has 0 bridgehead atoms. The fourth-order valence-corrected chi connectivity index (χ4v) is 3.40. The van der Waals surface area contributed by atoms with Gasteiger partial charge in [-0.15, -0.1) is 0 Å². The van der Waals surface area contributed by atoms with Crippen LogP contribution in [0, 0.1) is 19.8 Å². The smallest absolute Gasteiger partial charge is 0.0954 e. The Morgan fingerprint density at radius 2 is 2.17 bits per heavy atom. The third-order valence-corrected chi connectivity index (χ3v) is 4.64. The topological polar surface area (TPSA) is 29.9 Å². The van der Waals surface area contributed by atoms with Crippen molar-refractivity contribution in [1.82, 2.24) is 14.9 Å². The molecule has 0 radical (unpaired) electrons. The zero-order valence-corrected chi connectivity index (χ0v) is 12.2. The maximum atomic E-state index is 4.47. The van der Waals surface area contributed by atoms with Crippen molar-refractivity contribution in [1.29, 1.82) is 0 Å². The van der Waals surface area contributed by atoms with Crippen LogP contribution in [0.1, 0.15) is 56.5 Å². The quantitative estimate of drug-likeness (QED) is 0.888. The van der Waals surface area contributed by atoms with Crippen molar-refractivity contribution in [2.45, 2.75) is 65.0 Å². The Kier molecular flexibility index (Phi) is 4.44. The number of rotatable bonds is 4. The molecule has 102 valence electrons. The Morgan fingerprint density at radius 1 is 1.39 bits per heavy atom. The monoisotopic (exact) mass is 249 g/mol. The van der Waals surface area contributed by atoms with Crippen LogP contribution in [0.2, 0.25) is 0 Å². The van der Waals surface area contributed by atoms with Gasteiger partial charge in [-0.2, -0.15) is 0 Å². The summed E-state index contributed by atoms with van der Waals surface area (Å²) in [6, 6.07) is 1.19. The van der Waals surface area contributed by atoms with Gasteiger partial charge in [-0.05, 0) is 46.1 Å². The van der Waals surface area contributed by atoms with Crippen molar-refractivity contribution in [2.75, 3.05) is 7.05 Å². The van der Waals surface area contributed by atoms with Gasteiger partial charge in [0.1, 0.15) is 0 Å². The molecule has 1 aliphatic carbocycles. The van der Waals surface area contributed by atoms with Gasteiger partial charge in [0.25, 0.3) is 0 Å². The molecule has 0 aromatic carbocycles. The van der Waals surface area contributed by atoms with E-state index >= 15 is 0 Å². The summed E-state index contributed by atoms with van der Waals surface area (Å²) in [7, 11) is 2.09. The second-order valence-electron chi connectivity index (χ2n) is 5.75. The predicted molar refractivity (Wildman–Crippen MR) is 75.8 cm³/mol. The van der Waals surface area contributed by atoms with Gasteiger partial charge in [-0.1, -0.05) is 19.8 Å². The van der Waals surface area contributed by atoms with Crippen molar-refractivity contribution in [3.8, 4) is 0 Å². The standard InChI is InChI=1S/C15H27N3/c1-5-6-13-7-8-14(16-4)15(9-13)18-10-17-11(2)12(18)3/h10,13-16H,5-9H2,1-4H3. The zero-order valence-electron chi connectivity index (χ0n) is 12.2. The summed E-state index contributed by atoms with van der Waals surface area (Å²) in [5.74, 6) is 0.895. The molecule has 1 fully saturated rings. The minimum Gasteiger partial charge on any atom is -0.330 e. The summed E-state index contributed by atoms with van der Waals surface area (Å²) >= 11 is 0. The highest BCUT2D eigenvalue weighted by molar-refractivity contribution is 5.11. The molecule has 3 heteroatoms. The molecule has 1 saturated carbocycles. The Morgan fingerprint density at radius 3 is 2.72 bits per heavy atom. The summed E-state index contributed by atoms with van der Waals surface area (Å²) in [6.07, 6.45) is 8.69. The lowest BCUT2D eigenvalue weighted by Crippen LogP contribution is -2.40. The van der Waals surface area contributed by atoms with Crippen LogP contribution in [0.3, 0.4) is 0 Å².